The number of aliphatic hydroxyl groups excluding tert-OH is 2. The highest BCUT2D eigenvalue weighted by molar-refractivity contribution is 4.83. The lowest BCUT2D eigenvalue weighted by Gasteiger charge is -2.37. The molecule has 0 amide bonds. The van der Waals surface area contributed by atoms with Crippen molar-refractivity contribution >= 4 is 0 Å². The fourth-order valence-electron chi connectivity index (χ4n) is 1.95. The van der Waals surface area contributed by atoms with Crippen molar-refractivity contribution in [3.8, 4) is 0 Å². The highest BCUT2D eigenvalue weighted by atomic mass is 16.3. The molecule has 1 aliphatic heterocycles. The van der Waals surface area contributed by atoms with Gasteiger partial charge in [0.15, 0.2) is 0 Å². The molecule has 1 heterocycles. The Balaban J connectivity index is 2.42. The third-order valence-electron chi connectivity index (χ3n) is 2.69. The van der Waals surface area contributed by atoms with Crippen molar-refractivity contribution < 1.29 is 10.2 Å². The van der Waals surface area contributed by atoms with E-state index >= 15 is 0 Å². The quantitative estimate of drug-likeness (QED) is 0.532. The molecule has 3 atom stereocenters. The molecule has 4 nitrogen and oxygen atoms in total. The summed E-state index contributed by atoms with van der Waals surface area (Å²) in [4.78, 5) is 2.12. The first-order valence-corrected chi connectivity index (χ1v) is 4.90. The number of likely N-dealkylation sites (tertiary alicyclic amines) is 1. The monoisotopic (exact) mass is 188 g/mol. The van der Waals surface area contributed by atoms with Crippen molar-refractivity contribution in [2.45, 2.75) is 25.5 Å². The molecule has 1 aliphatic rings. The van der Waals surface area contributed by atoms with Gasteiger partial charge in [0, 0.05) is 25.7 Å². The summed E-state index contributed by atoms with van der Waals surface area (Å²) >= 11 is 0. The first-order chi connectivity index (χ1) is 6.13. The minimum absolute atomic E-state index is 0.139. The van der Waals surface area contributed by atoms with E-state index in [1.807, 2.05) is 0 Å². The lowest BCUT2D eigenvalue weighted by atomic mass is 9.91. The molecule has 1 fully saturated rings. The van der Waals surface area contributed by atoms with Crippen LogP contribution in [0.1, 0.15) is 13.3 Å². The van der Waals surface area contributed by atoms with Gasteiger partial charge in [-0.15, -0.1) is 0 Å². The summed E-state index contributed by atoms with van der Waals surface area (Å²) in [6, 6.07) is 0.139. The number of hydrogen-bond acceptors (Lipinski definition) is 4. The molecule has 0 bridgehead atoms. The van der Waals surface area contributed by atoms with Crippen molar-refractivity contribution in [1.29, 1.82) is 0 Å². The topological polar surface area (TPSA) is 69.7 Å². The Bertz CT molecular complexity index is 153. The predicted molar refractivity (Wildman–Crippen MR) is 51.3 cm³/mol. The van der Waals surface area contributed by atoms with Crippen LogP contribution in [0, 0.1) is 5.92 Å². The van der Waals surface area contributed by atoms with E-state index in [-0.39, 0.29) is 24.7 Å². The maximum absolute atomic E-state index is 9.44. The Labute approximate surface area is 79.3 Å². The van der Waals surface area contributed by atoms with Crippen molar-refractivity contribution in [2.75, 3.05) is 26.2 Å². The fourth-order valence-corrected chi connectivity index (χ4v) is 1.95. The molecule has 4 heteroatoms. The molecular formula is C9H20N2O2. The van der Waals surface area contributed by atoms with Crippen LogP contribution in [0.4, 0.5) is 0 Å². The average molecular weight is 188 g/mol. The van der Waals surface area contributed by atoms with E-state index in [1.54, 1.807) is 6.92 Å². The van der Waals surface area contributed by atoms with Gasteiger partial charge in [0.2, 0.25) is 0 Å². The van der Waals surface area contributed by atoms with Crippen LogP contribution in [0.2, 0.25) is 0 Å². The van der Waals surface area contributed by atoms with E-state index < -0.39 is 0 Å². The second-order valence-corrected chi connectivity index (χ2v) is 3.98. The Morgan fingerprint density at radius 2 is 2.23 bits per heavy atom. The van der Waals surface area contributed by atoms with Gasteiger partial charge < -0.3 is 15.9 Å². The van der Waals surface area contributed by atoms with Crippen LogP contribution in [-0.4, -0.2) is 53.5 Å². The summed E-state index contributed by atoms with van der Waals surface area (Å²) in [6.45, 7) is 4.33. The summed E-state index contributed by atoms with van der Waals surface area (Å²) in [7, 11) is 0. The molecule has 0 saturated carbocycles. The number of nitrogens with zero attached hydrogens (tertiary/aromatic N) is 1. The Hall–Kier alpha value is -0.160. The predicted octanol–water partition coefficient (Wildman–Crippen LogP) is -0.991. The lowest BCUT2D eigenvalue weighted by Crippen LogP contribution is -2.50. The van der Waals surface area contributed by atoms with E-state index in [0.29, 0.717) is 6.54 Å². The molecule has 0 aromatic rings. The van der Waals surface area contributed by atoms with Crippen LogP contribution >= 0.6 is 0 Å². The molecular weight excluding hydrogens is 168 g/mol. The van der Waals surface area contributed by atoms with E-state index in [2.05, 4.69) is 4.90 Å². The van der Waals surface area contributed by atoms with E-state index in [4.69, 9.17) is 10.8 Å². The third kappa shape index (κ3) is 3.23. The standard InChI is InChI=1S/C9H20N2O2/c1-7(13)8-4-9(10)6-11(5-8)2-3-12/h7-9,12-13H,2-6,10H2,1H3. The molecule has 1 saturated heterocycles. The Morgan fingerprint density at radius 1 is 1.54 bits per heavy atom. The van der Waals surface area contributed by atoms with Gasteiger partial charge in [0.1, 0.15) is 0 Å². The minimum Gasteiger partial charge on any atom is -0.395 e. The van der Waals surface area contributed by atoms with Gasteiger partial charge in [-0.1, -0.05) is 0 Å². The molecule has 78 valence electrons. The molecule has 0 aliphatic carbocycles. The van der Waals surface area contributed by atoms with Gasteiger partial charge in [-0.05, 0) is 19.3 Å². The van der Waals surface area contributed by atoms with Crippen LogP contribution in [0.5, 0.6) is 0 Å². The van der Waals surface area contributed by atoms with Crippen LogP contribution in [0.25, 0.3) is 0 Å². The second kappa shape index (κ2) is 4.91. The zero-order valence-electron chi connectivity index (χ0n) is 8.19. The van der Waals surface area contributed by atoms with Crippen LogP contribution < -0.4 is 5.73 Å². The summed E-state index contributed by atoms with van der Waals surface area (Å²) in [5, 5.41) is 18.2. The number of aliphatic hydroxyl groups is 2. The maximum Gasteiger partial charge on any atom is 0.0558 e. The zero-order chi connectivity index (χ0) is 9.84. The van der Waals surface area contributed by atoms with Crippen molar-refractivity contribution in [3.05, 3.63) is 0 Å². The van der Waals surface area contributed by atoms with Crippen LogP contribution in [0.3, 0.4) is 0 Å². The number of nitrogens with two attached hydrogens (primary N) is 1. The van der Waals surface area contributed by atoms with Crippen molar-refractivity contribution in [2.24, 2.45) is 11.7 Å². The molecule has 1 rings (SSSR count). The zero-order valence-corrected chi connectivity index (χ0v) is 8.19. The third-order valence-corrected chi connectivity index (χ3v) is 2.69. The van der Waals surface area contributed by atoms with Gasteiger partial charge in [0.05, 0.1) is 12.7 Å². The van der Waals surface area contributed by atoms with Crippen molar-refractivity contribution in [3.63, 3.8) is 0 Å². The summed E-state index contributed by atoms with van der Waals surface area (Å²) in [5.74, 6) is 0.260. The smallest absolute Gasteiger partial charge is 0.0558 e. The maximum atomic E-state index is 9.44. The van der Waals surface area contributed by atoms with E-state index in [9.17, 15) is 5.11 Å². The molecule has 0 aromatic heterocycles. The van der Waals surface area contributed by atoms with Gasteiger partial charge in [-0.2, -0.15) is 0 Å². The molecule has 13 heavy (non-hydrogen) atoms. The van der Waals surface area contributed by atoms with Crippen LogP contribution in [-0.2, 0) is 0 Å². The van der Waals surface area contributed by atoms with Gasteiger partial charge in [-0.25, -0.2) is 0 Å². The van der Waals surface area contributed by atoms with Crippen LogP contribution in [0.15, 0.2) is 0 Å². The molecule has 3 unspecified atom stereocenters. The number of hydrogen-bond donors (Lipinski definition) is 3. The summed E-state index contributed by atoms with van der Waals surface area (Å²) in [6.07, 6.45) is 0.590. The fraction of sp³-hybridized carbons (Fsp3) is 1.00. The molecule has 0 radical (unpaired) electrons. The average Bonchev–Trinajstić information content (AvgIpc) is 2.03. The lowest BCUT2D eigenvalue weighted by molar-refractivity contribution is 0.0477. The minimum atomic E-state index is -0.299. The highest BCUT2D eigenvalue weighted by Crippen LogP contribution is 2.18. The first-order valence-electron chi connectivity index (χ1n) is 4.90. The Kier molecular flexibility index (Phi) is 4.12. The second-order valence-electron chi connectivity index (χ2n) is 3.98. The van der Waals surface area contributed by atoms with Gasteiger partial charge in [0.25, 0.3) is 0 Å². The molecule has 0 spiro atoms. The number of piperidine rings is 1. The summed E-state index contributed by atoms with van der Waals surface area (Å²) in [5.41, 5.74) is 5.85. The Morgan fingerprint density at radius 3 is 2.77 bits per heavy atom. The number of β-amino-alcohol motifs (C(OH)–C–C–N with tert-alkyl or cyclic N) is 1. The number of rotatable bonds is 3. The molecule has 0 aromatic carbocycles. The molecule has 4 N–H and O–H groups in total. The summed E-state index contributed by atoms with van der Waals surface area (Å²) < 4.78 is 0. The highest BCUT2D eigenvalue weighted by Gasteiger charge is 2.27. The van der Waals surface area contributed by atoms with E-state index in [1.165, 1.54) is 0 Å². The SMILES string of the molecule is CC(O)C1CC(N)CN(CCO)C1. The first kappa shape index (κ1) is 10.9. The largest absolute Gasteiger partial charge is 0.395 e. The van der Waals surface area contributed by atoms with Gasteiger partial charge in [-0.3, -0.25) is 4.90 Å². The van der Waals surface area contributed by atoms with Crippen molar-refractivity contribution in [1.82, 2.24) is 4.90 Å². The van der Waals surface area contributed by atoms with E-state index in [0.717, 1.165) is 19.5 Å². The normalized spacial score (nSPS) is 33.2. The van der Waals surface area contributed by atoms with Gasteiger partial charge >= 0.3 is 0 Å².